The average molecular weight is 295 g/mol. The number of aryl methyl sites for hydroxylation is 2. The normalized spacial score (nSPS) is 10.7. The first-order valence-corrected chi connectivity index (χ1v) is 7.37. The Morgan fingerprint density at radius 3 is 2.32 bits per heavy atom. The highest BCUT2D eigenvalue weighted by atomic mass is 16.5. The first kappa shape index (κ1) is 15.8. The maximum atomic E-state index is 12.0. The predicted octanol–water partition coefficient (Wildman–Crippen LogP) is 4.35. The van der Waals surface area contributed by atoms with Crippen molar-refractivity contribution in [1.82, 2.24) is 0 Å². The van der Waals surface area contributed by atoms with Crippen molar-refractivity contribution in [3.05, 3.63) is 65.2 Å². The molecule has 22 heavy (non-hydrogen) atoms. The van der Waals surface area contributed by atoms with E-state index in [0.717, 1.165) is 28.1 Å². The second-order valence-corrected chi connectivity index (χ2v) is 5.20. The number of rotatable bonds is 5. The van der Waals surface area contributed by atoms with Crippen LogP contribution in [0.5, 0.6) is 5.75 Å². The van der Waals surface area contributed by atoms with E-state index < -0.39 is 0 Å². The van der Waals surface area contributed by atoms with Gasteiger partial charge in [-0.15, -0.1) is 0 Å². The maximum Gasteiger partial charge on any atom is 0.248 e. The molecule has 0 unspecified atom stereocenters. The van der Waals surface area contributed by atoms with Gasteiger partial charge in [-0.3, -0.25) is 4.79 Å². The number of ether oxygens (including phenoxy) is 1. The fourth-order valence-electron chi connectivity index (χ4n) is 2.24. The molecular weight excluding hydrogens is 274 g/mol. The molecule has 114 valence electrons. The molecular formula is C19H21NO2. The molecule has 3 nitrogen and oxygen atoms in total. The number of carbonyl (C=O) groups excluding carboxylic acids is 1. The van der Waals surface area contributed by atoms with Crippen LogP contribution in [0, 0.1) is 13.8 Å². The summed E-state index contributed by atoms with van der Waals surface area (Å²) in [7, 11) is 0. The summed E-state index contributed by atoms with van der Waals surface area (Å²) in [6.07, 6.45) is 3.32. The molecule has 1 N–H and O–H groups in total. The molecule has 0 fully saturated rings. The Kier molecular flexibility index (Phi) is 5.37. The lowest BCUT2D eigenvalue weighted by Crippen LogP contribution is -2.08. The molecule has 0 bridgehead atoms. The van der Waals surface area contributed by atoms with Gasteiger partial charge < -0.3 is 10.1 Å². The smallest absolute Gasteiger partial charge is 0.248 e. The Labute approximate surface area is 131 Å². The van der Waals surface area contributed by atoms with Gasteiger partial charge in [0.25, 0.3) is 0 Å². The summed E-state index contributed by atoms with van der Waals surface area (Å²) < 4.78 is 5.38. The highest BCUT2D eigenvalue weighted by Gasteiger charge is 2.00. The minimum atomic E-state index is -0.140. The summed E-state index contributed by atoms with van der Waals surface area (Å²) in [5, 5.41) is 2.88. The van der Waals surface area contributed by atoms with Gasteiger partial charge in [0.1, 0.15) is 5.75 Å². The minimum absolute atomic E-state index is 0.140. The number of hydrogen-bond acceptors (Lipinski definition) is 2. The van der Waals surface area contributed by atoms with Crippen LogP contribution in [-0.4, -0.2) is 12.5 Å². The van der Waals surface area contributed by atoms with Crippen LogP contribution in [0.3, 0.4) is 0 Å². The van der Waals surface area contributed by atoms with E-state index in [-0.39, 0.29) is 5.91 Å². The highest BCUT2D eigenvalue weighted by molar-refractivity contribution is 6.02. The quantitative estimate of drug-likeness (QED) is 0.833. The largest absolute Gasteiger partial charge is 0.494 e. The molecule has 0 saturated carbocycles. The molecule has 1 amide bonds. The van der Waals surface area contributed by atoms with Crippen molar-refractivity contribution < 1.29 is 9.53 Å². The van der Waals surface area contributed by atoms with Crippen LogP contribution in [-0.2, 0) is 4.79 Å². The fourth-order valence-corrected chi connectivity index (χ4v) is 2.24. The van der Waals surface area contributed by atoms with Crippen molar-refractivity contribution in [2.24, 2.45) is 0 Å². The Balaban J connectivity index is 1.98. The van der Waals surface area contributed by atoms with E-state index in [2.05, 4.69) is 11.4 Å². The molecule has 0 aliphatic rings. The molecule has 0 aromatic heterocycles. The summed E-state index contributed by atoms with van der Waals surface area (Å²) >= 11 is 0. The first-order valence-electron chi connectivity index (χ1n) is 7.37. The lowest BCUT2D eigenvalue weighted by molar-refractivity contribution is -0.111. The second-order valence-electron chi connectivity index (χ2n) is 5.20. The lowest BCUT2D eigenvalue weighted by atomic mass is 10.1. The zero-order chi connectivity index (χ0) is 15.9. The molecule has 0 aliphatic heterocycles. The van der Waals surface area contributed by atoms with Gasteiger partial charge in [-0.25, -0.2) is 0 Å². The van der Waals surface area contributed by atoms with E-state index in [4.69, 9.17) is 4.74 Å². The zero-order valence-electron chi connectivity index (χ0n) is 13.2. The van der Waals surface area contributed by atoms with E-state index in [1.165, 1.54) is 6.08 Å². The topological polar surface area (TPSA) is 38.3 Å². The van der Waals surface area contributed by atoms with Crippen molar-refractivity contribution in [2.45, 2.75) is 20.8 Å². The van der Waals surface area contributed by atoms with Gasteiger partial charge >= 0.3 is 0 Å². The summed E-state index contributed by atoms with van der Waals surface area (Å²) in [6.45, 7) is 6.62. The number of anilines is 1. The average Bonchev–Trinajstić information content (AvgIpc) is 2.46. The molecule has 0 radical (unpaired) electrons. The Morgan fingerprint density at radius 1 is 1.09 bits per heavy atom. The molecule has 2 aromatic carbocycles. The predicted molar refractivity (Wildman–Crippen MR) is 91.2 cm³/mol. The third kappa shape index (κ3) is 4.77. The fraction of sp³-hybridized carbons (Fsp3) is 0.211. The van der Waals surface area contributed by atoms with Gasteiger partial charge in [-0.05, 0) is 67.8 Å². The second kappa shape index (κ2) is 7.46. The van der Waals surface area contributed by atoms with Crippen LogP contribution in [0.25, 0.3) is 6.08 Å². The molecule has 2 rings (SSSR count). The van der Waals surface area contributed by atoms with Crippen molar-refractivity contribution in [3.63, 3.8) is 0 Å². The molecule has 0 heterocycles. The van der Waals surface area contributed by atoms with E-state index in [0.29, 0.717) is 6.61 Å². The van der Waals surface area contributed by atoms with Gasteiger partial charge in [0.05, 0.1) is 6.61 Å². The highest BCUT2D eigenvalue weighted by Crippen LogP contribution is 2.15. The van der Waals surface area contributed by atoms with Crippen LogP contribution >= 0.6 is 0 Å². The van der Waals surface area contributed by atoms with E-state index in [1.54, 1.807) is 6.08 Å². The van der Waals surface area contributed by atoms with E-state index in [9.17, 15) is 4.79 Å². The van der Waals surface area contributed by atoms with Gasteiger partial charge in [0, 0.05) is 11.8 Å². The van der Waals surface area contributed by atoms with Crippen LogP contribution in [0.2, 0.25) is 0 Å². The van der Waals surface area contributed by atoms with Crippen LogP contribution in [0.1, 0.15) is 23.6 Å². The third-order valence-corrected chi connectivity index (χ3v) is 3.11. The number of amides is 1. The lowest BCUT2D eigenvalue weighted by Gasteiger charge is -2.05. The molecule has 3 heteroatoms. The molecule has 0 saturated heterocycles. The van der Waals surface area contributed by atoms with Crippen LogP contribution in [0.15, 0.2) is 48.5 Å². The summed E-state index contributed by atoms with van der Waals surface area (Å²) in [4.78, 5) is 12.0. The number of carbonyl (C=O) groups is 1. The summed E-state index contributed by atoms with van der Waals surface area (Å²) in [6, 6.07) is 13.6. The molecule has 2 aromatic rings. The number of benzene rings is 2. The SMILES string of the molecule is CCOc1ccc(/C=C/C(=O)Nc2cc(C)cc(C)c2)cc1. The van der Waals surface area contributed by atoms with Crippen molar-refractivity contribution in [1.29, 1.82) is 0 Å². The van der Waals surface area contributed by atoms with E-state index >= 15 is 0 Å². The van der Waals surface area contributed by atoms with Crippen LogP contribution < -0.4 is 10.1 Å². The van der Waals surface area contributed by atoms with Gasteiger partial charge in [-0.2, -0.15) is 0 Å². The van der Waals surface area contributed by atoms with Crippen molar-refractivity contribution in [3.8, 4) is 5.75 Å². The molecule has 0 spiro atoms. The van der Waals surface area contributed by atoms with Gasteiger partial charge in [0.2, 0.25) is 5.91 Å². The summed E-state index contributed by atoms with van der Waals surface area (Å²) in [5.41, 5.74) is 4.04. The molecule has 0 aliphatic carbocycles. The standard InChI is InChI=1S/C19H21NO2/c1-4-22-18-8-5-16(6-9-18)7-10-19(21)20-17-12-14(2)11-15(3)13-17/h5-13H,4H2,1-3H3,(H,20,21)/b10-7+. The van der Waals surface area contributed by atoms with Crippen molar-refractivity contribution in [2.75, 3.05) is 11.9 Å². The Morgan fingerprint density at radius 2 is 1.73 bits per heavy atom. The Bertz CT molecular complexity index is 652. The van der Waals surface area contributed by atoms with Crippen molar-refractivity contribution >= 4 is 17.7 Å². The van der Waals surface area contributed by atoms with E-state index in [1.807, 2.05) is 57.2 Å². The zero-order valence-corrected chi connectivity index (χ0v) is 13.2. The van der Waals surface area contributed by atoms with Gasteiger partial charge in [-0.1, -0.05) is 18.2 Å². The number of nitrogens with one attached hydrogen (secondary N) is 1. The van der Waals surface area contributed by atoms with Gasteiger partial charge in [0.15, 0.2) is 0 Å². The summed E-state index contributed by atoms with van der Waals surface area (Å²) in [5.74, 6) is 0.693. The monoisotopic (exact) mass is 295 g/mol. The van der Waals surface area contributed by atoms with Crippen LogP contribution in [0.4, 0.5) is 5.69 Å². The maximum absolute atomic E-state index is 12.0. The third-order valence-electron chi connectivity index (χ3n) is 3.11. The minimum Gasteiger partial charge on any atom is -0.494 e. The Hall–Kier alpha value is -2.55. The first-order chi connectivity index (χ1) is 10.6. The number of hydrogen-bond donors (Lipinski definition) is 1. The molecule has 0 atom stereocenters.